The molecule has 5 nitrogen and oxygen atoms in total. The van der Waals surface area contributed by atoms with Gasteiger partial charge >= 0.3 is 5.97 Å². The minimum atomic E-state index is -0.485. The van der Waals surface area contributed by atoms with Gasteiger partial charge in [0.25, 0.3) is 5.91 Å². The van der Waals surface area contributed by atoms with Crippen molar-refractivity contribution in [1.82, 2.24) is 4.98 Å². The van der Waals surface area contributed by atoms with Gasteiger partial charge in [0.2, 0.25) is 0 Å². The molecule has 1 aliphatic heterocycles. The third-order valence-corrected chi connectivity index (χ3v) is 1.86. The third-order valence-electron chi connectivity index (χ3n) is 1.86. The lowest BCUT2D eigenvalue weighted by atomic mass is 10.2. The Morgan fingerprint density at radius 1 is 1.47 bits per heavy atom. The Balaban J connectivity index is 2.05. The van der Waals surface area contributed by atoms with Crippen LogP contribution in [0.3, 0.4) is 0 Å². The number of amides is 1. The van der Waals surface area contributed by atoms with Crippen LogP contribution in [0, 0.1) is 0 Å². The number of esters is 1. The van der Waals surface area contributed by atoms with Crippen LogP contribution >= 0.6 is 0 Å². The van der Waals surface area contributed by atoms with Crippen molar-refractivity contribution < 1.29 is 14.3 Å². The van der Waals surface area contributed by atoms with Crippen molar-refractivity contribution in [2.45, 2.75) is 0 Å². The predicted octanol–water partition coefficient (Wildman–Crippen LogP) is 0.503. The highest BCUT2D eigenvalue weighted by Gasteiger charge is 2.19. The molecule has 0 spiro atoms. The first-order valence-corrected chi connectivity index (χ1v) is 4.35. The van der Waals surface area contributed by atoms with Gasteiger partial charge in [-0.05, 0) is 12.1 Å². The van der Waals surface area contributed by atoms with Gasteiger partial charge in [0.15, 0.2) is 0 Å². The Bertz CT molecular complexity index is 426. The molecule has 2 rings (SSSR count). The smallest absolute Gasteiger partial charge is 0.331 e. The Morgan fingerprint density at radius 3 is 2.93 bits per heavy atom. The quantitative estimate of drug-likeness (QED) is 0.712. The molecule has 5 heteroatoms. The molecule has 0 radical (unpaired) electrons. The Labute approximate surface area is 85.8 Å². The normalized spacial score (nSPS) is 14.4. The minimum Gasteiger partial charge on any atom is -0.457 e. The number of rotatable bonds is 2. The molecule has 2 heterocycles. The van der Waals surface area contributed by atoms with Gasteiger partial charge in [-0.25, -0.2) is 9.78 Å². The van der Waals surface area contributed by atoms with Crippen molar-refractivity contribution in [1.29, 1.82) is 0 Å². The average Bonchev–Trinajstić information content (AvgIpc) is 2.66. The fraction of sp³-hybridized carbons (Fsp3) is 0.100. The van der Waals surface area contributed by atoms with Crippen molar-refractivity contribution in [2.24, 2.45) is 0 Å². The highest BCUT2D eigenvalue weighted by molar-refractivity contribution is 6.08. The molecule has 0 aliphatic carbocycles. The molecule has 76 valence electrons. The fourth-order valence-electron chi connectivity index (χ4n) is 1.14. The molecular weight excluding hydrogens is 196 g/mol. The maximum Gasteiger partial charge on any atom is 0.331 e. The lowest BCUT2D eigenvalue weighted by molar-refractivity contribution is -0.134. The second kappa shape index (κ2) is 3.91. The molecule has 0 bridgehead atoms. The maximum absolute atomic E-state index is 11.5. The van der Waals surface area contributed by atoms with Crippen LogP contribution in [0.15, 0.2) is 36.0 Å². The van der Waals surface area contributed by atoms with Crippen molar-refractivity contribution in [2.75, 3.05) is 11.9 Å². The van der Waals surface area contributed by atoms with Crippen LogP contribution in [0.1, 0.15) is 0 Å². The molecule has 0 saturated carbocycles. The number of nitrogens with one attached hydrogen (secondary N) is 1. The van der Waals surface area contributed by atoms with Gasteiger partial charge in [-0.2, -0.15) is 0 Å². The molecule has 1 aromatic heterocycles. The monoisotopic (exact) mass is 204 g/mol. The summed E-state index contributed by atoms with van der Waals surface area (Å²) in [4.78, 5) is 26.1. The standard InChI is InChI=1S/C10H8N2O3/c13-9-5-7(6-15-9)10(14)12-8-3-1-2-4-11-8/h1-5H,6H2,(H,11,12,14). The number of ether oxygens (including phenoxy) is 1. The Hall–Kier alpha value is -2.17. The van der Waals surface area contributed by atoms with E-state index in [0.717, 1.165) is 0 Å². The van der Waals surface area contributed by atoms with E-state index in [-0.39, 0.29) is 12.5 Å². The van der Waals surface area contributed by atoms with Gasteiger partial charge in [-0.3, -0.25) is 4.79 Å². The van der Waals surface area contributed by atoms with E-state index in [2.05, 4.69) is 15.0 Å². The van der Waals surface area contributed by atoms with E-state index < -0.39 is 5.97 Å². The van der Waals surface area contributed by atoms with Crippen LogP contribution in [0.2, 0.25) is 0 Å². The largest absolute Gasteiger partial charge is 0.457 e. The minimum absolute atomic E-state index is 0.0253. The van der Waals surface area contributed by atoms with Gasteiger partial charge in [-0.15, -0.1) is 0 Å². The second-order valence-corrected chi connectivity index (χ2v) is 2.95. The predicted molar refractivity (Wildman–Crippen MR) is 51.9 cm³/mol. The summed E-state index contributed by atoms with van der Waals surface area (Å²) in [6.45, 7) is 0.0253. The lowest BCUT2D eigenvalue weighted by Gasteiger charge is -2.02. The highest BCUT2D eigenvalue weighted by Crippen LogP contribution is 2.09. The first kappa shape index (κ1) is 9.39. The molecule has 0 fully saturated rings. The van der Waals surface area contributed by atoms with Gasteiger partial charge in [-0.1, -0.05) is 6.07 Å². The first-order valence-electron chi connectivity index (χ1n) is 4.35. The summed E-state index contributed by atoms with van der Waals surface area (Å²) in [6.07, 6.45) is 2.75. The summed E-state index contributed by atoms with van der Waals surface area (Å²) in [5, 5.41) is 2.55. The number of cyclic esters (lactones) is 1. The van der Waals surface area contributed by atoms with Gasteiger partial charge in [0, 0.05) is 12.3 Å². The van der Waals surface area contributed by atoms with Crippen LogP contribution in [-0.4, -0.2) is 23.5 Å². The van der Waals surface area contributed by atoms with Crippen molar-refractivity contribution >= 4 is 17.7 Å². The van der Waals surface area contributed by atoms with Crippen LogP contribution in [0.25, 0.3) is 0 Å². The Kier molecular flexibility index (Phi) is 2.45. The summed E-state index contributed by atoms with van der Waals surface area (Å²) < 4.78 is 4.61. The van der Waals surface area contributed by atoms with Gasteiger partial charge in [0.1, 0.15) is 12.4 Å². The second-order valence-electron chi connectivity index (χ2n) is 2.95. The van der Waals surface area contributed by atoms with E-state index in [1.807, 2.05) is 0 Å². The van der Waals surface area contributed by atoms with Gasteiger partial charge < -0.3 is 10.1 Å². The number of anilines is 1. The number of nitrogens with zero attached hydrogens (tertiary/aromatic N) is 1. The summed E-state index contributed by atoms with van der Waals surface area (Å²) in [5.41, 5.74) is 0.311. The van der Waals surface area contributed by atoms with Crippen LogP contribution in [0.5, 0.6) is 0 Å². The van der Waals surface area contributed by atoms with Crippen molar-refractivity contribution in [3.63, 3.8) is 0 Å². The zero-order valence-electron chi connectivity index (χ0n) is 7.77. The number of hydrogen-bond donors (Lipinski definition) is 1. The van der Waals surface area contributed by atoms with Crippen LogP contribution < -0.4 is 5.32 Å². The van der Waals surface area contributed by atoms with Gasteiger partial charge in [0.05, 0.1) is 5.57 Å². The summed E-state index contributed by atoms with van der Waals surface area (Å²) in [7, 11) is 0. The summed E-state index contributed by atoms with van der Waals surface area (Å²) in [5.74, 6) is -0.400. The topological polar surface area (TPSA) is 68.3 Å². The molecule has 0 unspecified atom stereocenters. The van der Waals surface area contributed by atoms with Crippen molar-refractivity contribution in [3.8, 4) is 0 Å². The van der Waals surface area contributed by atoms with E-state index in [1.165, 1.54) is 6.08 Å². The fourth-order valence-corrected chi connectivity index (χ4v) is 1.14. The zero-order valence-corrected chi connectivity index (χ0v) is 7.77. The molecule has 0 atom stereocenters. The number of carbonyl (C=O) groups is 2. The number of pyridine rings is 1. The van der Waals surface area contributed by atoms with E-state index in [4.69, 9.17) is 0 Å². The molecule has 0 aromatic carbocycles. The van der Waals surface area contributed by atoms with Crippen LogP contribution in [-0.2, 0) is 14.3 Å². The summed E-state index contributed by atoms with van der Waals surface area (Å²) in [6, 6.07) is 5.17. The number of hydrogen-bond acceptors (Lipinski definition) is 4. The van der Waals surface area contributed by atoms with E-state index >= 15 is 0 Å². The molecule has 15 heavy (non-hydrogen) atoms. The van der Waals surface area contributed by atoms with Crippen LogP contribution in [0.4, 0.5) is 5.82 Å². The van der Waals surface area contributed by atoms with E-state index in [0.29, 0.717) is 11.4 Å². The van der Waals surface area contributed by atoms with E-state index in [1.54, 1.807) is 24.4 Å². The SMILES string of the molecule is O=C1C=C(C(=O)Nc2ccccn2)CO1. The molecule has 1 N–H and O–H groups in total. The maximum atomic E-state index is 11.5. The Morgan fingerprint density at radius 2 is 2.33 bits per heavy atom. The van der Waals surface area contributed by atoms with E-state index in [9.17, 15) is 9.59 Å². The molecular formula is C10H8N2O3. The first-order chi connectivity index (χ1) is 7.25. The molecule has 0 saturated heterocycles. The number of carbonyl (C=O) groups excluding carboxylic acids is 2. The molecule has 1 aromatic rings. The zero-order chi connectivity index (χ0) is 10.7. The molecule has 1 aliphatic rings. The lowest BCUT2D eigenvalue weighted by Crippen LogP contribution is -2.15. The average molecular weight is 204 g/mol. The molecule has 1 amide bonds. The van der Waals surface area contributed by atoms with Crippen molar-refractivity contribution in [3.05, 3.63) is 36.0 Å². The summed E-state index contributed by atoms with van der Waals surface area (Å²) >= 11 is 0. The third kappa shape index (κ3) is 2.19. The highest BCUT2D eigenvalue weighted by atomic mass is 16.5. The number of aromatic nitrogens is 1.